The Labute approximate surface area is 156 Å². The third-order valence-corrected chi connectivity index (χ3v) is 4.66. The summed E-state index contributed by atoms with van der Waals surface area (Å²) in [6, 6.07) is 7.20. The molecule has 7 nitrogen and oxygen atoms in total. The molecule has 0 saturated carbocycles. The largest absolute Gasteiger partial charge is 0.382 e. The van der Waals surface area contributed by atoms with E-state index in [1.165, 1.54) is 16.4 Å². The Morgan fingerprint density at radius 1 is 1.48 bits per heavy atom. The zero-order valence-electron chi connectivity index (χ0n) is 14.2. The van der Waals surface area contributed by atoms with Crippen molar-refractivity contribution in [2.24, 2.45) is 0 Å². The molecule has 0 aliphatic rings. The molecule has 1 aromatic carbocycles. The van der Waals surface area contributed by atoms with Crippen LogP contribution in [-0.4, -0.2) is 45.8 Å². The topological polar surface area (TPSA) is 95.1 Å². The van der Waals surface area contributed by atoms with Crippen LogP contribution < -0.4 is 11.2 Å². The van der Waals surface area contributed by atoms with E-state index in [0.717, 1.165) is 12.0 Å². The van der Waals surface area contributed by atoms with Gasteiger partial charge in [-0.1, -0.05) is 35.5 Å². The number of nitrogens with one attached hydrogen (secondary N) is 1. The average molecular weight is 384 g/mol. The van der Waals surface area contributed by atoms with E-state index in [0.29, 0.717) is 35.8 Å². The first-order chi connectivity index (χ1) is 12.0. The predicted octanol–water partition coefficient (Wildman–Crippen LogP) is 2.34. The van der Waals surface area contributed by atoms with Gasteiger partial charge >= 0.3 is 0 Å². The quantitative estimate of drug-likeness (QED) is 0.392. The number of carbonyl (C=O) groups is 1. The first-order valence-electron chi connectivity index (χ1n) is 8.01. The summed E-state index contributed by atoms with van der Waals surface area (Å²) in [7, 11) is 0. The van der Waals surface area contributed by atoms with Gasteiger partial charge in [-0.2, -0.15) is 0 Å². The minimum Gasteiger partial charge on any atom is -0.382 e. The maximum Gasteiger partial charge on any atom is 0.233 e. The first kappa shape index (κ1) is 19.6. The number of rotatable bonds is 9. The number of aromatic nitrogens is 3. The number of nitrogen functional groups attached to an aromatic ring is 1. The number of carbonyl (C=O) groups excluding carboxylic acids is 1. The second-order valence-corrected chi connectivity index (χ2v) is 7.03. The van der Waals surface area contributed by atoms with E-state index in [1.54, 1.807) is 19.1 Å². The van der Waals surface area contributed by atoms with Crippen LogP contribution in [0.25, 0.3) is 11.4 Å². The highest BCUT2D eigenvalue weighted by atomic mass is 35.5. The van der Waals surface area contributed by atoms with Crippen LogP contribution in [0, 0.1) is 0 Å². The van der Waals surface area contributed by atoms with Crippen molar-refractivity contribution in [3.8, 4) is 11.4 Å². The molecule has 0 fully saturated rings. The Bertz CT molecular complexity index is 710. The van der Waals surface area contributed by atoms with Gasteiger partial charge in [0.05, 0.1) is 5.25 Å². The van der Waals surface area contributed by atoms with Crippen molar-refractivity contribution in [3.05, 3.63) is 29.3 Å². The van der Waals surface area contributed by atoms with Crippen LogP contribution in [0.5, 0.6) is 0 Å². The van der Waals surface area contributed by atoms with Crippen LogP contribution in [0.15, 0.2) is 29.4 Å². The third-order valence-electron chi connectivity index (χ3n) is 3.37. The van der Waals surface area contributed by atoms with Gasteiger partial charge in [-0.15, -0.1) is 10.2 Å². The minimum absolute atomic E-state index is 0.0752. The van der Waals surface area contributed by atoms with Crippen molar-refractivity contribution >= 4 is 29.3 Å². The molecule has 25 heavy (non-hydrogen) atoms. The molecule has 0 saturated heterocycles. The van der Waals surface area contributed by atoms with Crippen molar-refractivity contribution in [2.75, 3.05) is 25.6 Å². The van der Waals surface area contributed by atoms with Crippen LogP contribution in [0.1, 0.15) is 20.3 Å². The number of thioether (sulfide) groups is 1. The van der Waals surface area contributed by atoms with Crippen molar-refractivity contribution in [3.63, 3.8) is 0 Å². The summed E-state index contributed by atoms with van der Waals surface area (Å²) in [4.78, 5) is 12.1. The van der Waals surface area contributed by atoms with E-state index >= 15 is 0 Å². The number of halogens is 1. The Hall–Kier alpha value is -1.77. The highest BCUT2D eigenvalue weighted by molar-refractivity contribution is 8.00. The SMILES string of the molecule is CCOCCCNC(=O)C(C)Sc1nnc(-c2cccc(Cl)c2)n1N. The molecule has 1 heterocycles. The van der Waals surface area contributed by atoms with E-state index in [1.807, 2.05) is 19.1 Å². The van der Waals surface area contributed by atoms with Crippen LogP contribution in [0.4, 0.5) is 0 Å². The number of hydrogen-bond donors (Lipinski definition) is 2. The number of ether oxygens (including phenoxy) is 1. The summed E-state index contributed by atoms with van der Waals surface area (Å²) in [6.07, 6.45) is 0.781. The fourth-order valence-electron chi connectivity index (χ4n) is 2.07. The highest BCUT2D eigenvalue weighted by Crippen LogP contribution is 2.26. The predicted molar refractivity (Wildman–Crippen MR) is 100 cm³/mol. The van der Waals surface area contributed by atoms with E-state index in [-0.39, 0.29) is 11.2 Å². The molecule has 9 heteroatoms. The summed E-state index contributed by atoms with van der Waals surface area (Å²) in [5, 5.41) is 11.8. The van der Waals surface area contributed by atoms with Gasteiger partial charge in [-0.05, 0) is 32.4 Å². The fourth-order valence-corrected chi connectivity index (χ4v) is 3.05. The minimum atomic E-state index is -0.342. The van der Waals surface area contributed by atoms with E-state index < -0.39 is 0 Å². The van der Waals surface area contributed by atoms with Gasteiger partial charge < -0.3 is 15.9 Å². The van der Waals surface area contributed by atoms with Crippen molar-refractivity contribution in [2.45, 2.75) is 30.7 Å². The lowest BCUT2D eigenvalue weighted by Gasteiger charge is -2.11. The molecular weight excluding hydrogens is 362 g/mol. The zero-order valence-corrected chi connectivity index (χ0v) is 15.8. The van der Waals surface area contributed by atoms with Crippen molar-refractivity contribution < 1.29 is 9.53 Å². The Morgan fingerprint density at radius 3 is 3.00 bits per heavy atom. The van der Waals surface area contributed by atoms with Crippen LogP contribution in [0.3, 0.4) is 0 Å². The molecule has 2 rings (SSSR count). The molecule has 1 aromatic heterocycles. The van der Waals surface area contributed by atoms with Gasteiger partial charge in [0.15, 0.2) is 5.82 Å². The molecule has 0 spiro atoms. The van der Waals surface area contributed by atoms with Crippen molar-refractivity contribution in [1.82, 2.24) is 20.2 Å². The lowest BCUT2D eigenvalue weighted by atomic mass is 10.2. The van der Waals surface area contributed by atoms with E-state index in [2.05, 4.69) is 15.5 Å². The third kappa shape index (κ3) is 5.62. The first-order valence-corrected chi connectivity index (χ1v) is 9.27. The molecule has 0 aliphatic heterocycles. The monoisotopic (exact) mass is 383 g/mol. The molecule has 0 bridgehead atoms. The Kier molecular flexibility index (Phi) is 7.54. The van der Waals surface area contributed by atoms with Crippen LogP contribution in [-0.2, 0) is 9.53 Å². The maximum atomic E-state index is 12.1. The van der Waals surface area contributed by atoms with Gasteiger partial charge in [0.2, 0.25) is 11.1 Å². The summed E-state index contributed by atoms with van der Waals surface area (Å²) in [6.45, 7) is 5.64. The Morgan fingerprint density at radius 2 is 2.28 bits per heavy atom. The molecule has 1 unspecified atom stereocenters. The average Bonchev–Trinajstić information content (AvgIpc) is 2.95. The number of benzene rings is 1. The molecule has 2 aromatic rings. The second-order valence-electron chi connectivity index (χ2n) is 5.29. The van der Waals surface area contributed by atoms with E-state index in [9.17, 15) is 4.79 Å². The standard InChI is InChI=1S/C16H22ClN5O2S/c1-3-24-9-5-8-19-15(23)11(2)25-16-21-20-14(22(16)18)12-6-4-7-13(17)10-12/h4,6-7,10-11H,3,5,8-9,18H2,1-2H3,(H,19,23). The molecule has 1 atom stereocenters. The summed E-state index contributed by atoms with van der Waals surface area (Å²) in [5.74, 6) is 6.49. The Balaban J connectivity index is 1.93. The fraction of sp³-hybridized carbons (Fsp3) is 0.438. The lowest BCUT2D eigenvalue weighted by Crippen LogP contribution is -2.32. The lowest BCUT2D eigenvalue weighted by molar-refractivity contribution is -0.120. The van der Waals surface area contributed by atoms with Gasteiger partial charge in [-0.25, -0.2) is 4.68 Å². The summed E-state index contributed by atoms with van der Waals surface area (Å²) in [5.41, 5.74) is 0.766. The van der Waals surface area contributed by atoms with E-state index in [4.69, 9.17) is 22.2 Å². The van der Waals surface area contributed by atoms with Gasteiger partial charge in [0.1, 0.15) is 0 Å². The number of amides is 1. The number of hydrogen-bond acceptors (Lipinski definition) is 6. The van der Waals surface area contributed by atoms with Gasteiger partial charge in [0, 0.05) is 30.3 Å². The maximum absolute atomic E-state index is 12.1. The van der Waals surface area contributed by atoms with Gasteiger partial charge in [-0.3, -0.25) is 4.79 Å². The molecule has 0 radical (unpaired) electrons. The molecule has 136 valence electrons. The second kappa shape index (κ2) is 9.65. The molecule has 3 N–H and O–H groups in total. The molecule has 1 amide bonds. The van der Waals surface area contributed by atoms with Gasteiger partial charge in [0.25, 0.3) is 0 Å². The molecule has 0 aliphatic carbocycles. The summed E-state index contributed by atoms with van der Waals surface area (Å²) >= 11 is 7.25. The number of nitrogens with two attached hydrogens (primary N) is 1. The normalized spacial score (nSPS) is 12.1. The van der Waals surface area contributed by atoms with Crippen LogP contribution in [0.2, 0.25) is 5.02 Å². The summed E-state index contributed by atoms with van der Waals surface area (Å²) < 4.78 is 6.61. The van der Waals surface area contributed by atoms with Crippen LogP contribution >= 0.6 is 23.4 Å². The smallest absolute Gasteiger partial charge is 0.233 e. The highest BCUT2D eigenvalue weighted by Gasteiger charge is 2.19. The zero-order chi connectivity index (χ0) is 18.2. The molecular formula is C16H22ClN5O2S. The van der Waals surface area contributed by atoms with Crippen molar-refractivity contribution in [1.29, 1.82) is 0 Å². The number of nitrogens with zero attached hydrogens (tertiary/aromatic N) is 3.